The standard InChI is InChI=1S/C9H15NO2/c1-3-6(2)10-8(9(11)12)7-4-5-7/h3,6-8,10H,1,4-5H2,2H3,(H,11,12). The molecule has 2 unspecified atom stereocenters. The van der Waals surface area contributed by atoms with Crippen LogP contribution in [0.5, 0.6) is 0 Å². The van der Waals surface area contributed by atoms with E-state index in [9.17, 15) is 4.79 Å². The van der Waals surface area contributed by atoms with E-state index >= 15 is 0 Å². The zero-order valence-corrected chi connectivity index (χ0v) is 7.29. The fourth-order valence-electron chi connectivity index (χ4n) is 1.19. The lowest BCUT2D eigenvalue weighted by Gasteiger charge is -2.16. The number of carbonyl (C=O) groups is 1. The van der Waals surface area contributed by atoms with Crippen molar-refractivity contribution in [2.24, 2.45) is 5.92 Å². The molecule has 0 radical (unpaired) electrons. The monoisotopic (exact) mass is 169 g/mol. The molecule has 1 rings (SSSR count). The Bertz CT molecular complexity index is 187. The van der Waals surface area contributed by atoms with Gasteiger partial charge in [-0.3, -0.25) is 10.1 Å². The Hall–Kier alpha value is -0.830. The molecule has 1 fully saturated rings. The van der Waals surface area contributed by atoms with Gasteiger partial charge >= 0.3 is 5.97 Å². The molecule has 0 aromatic carbocycles. The third kappa shape index (κ3) is 2.34. The van der Waals surface area contributed by atoms with E-state index in [1.807, 2.05) is 6.92 Å². The molecule has 68 valence electrons. The van der Waals surface area contributed by atoms with Crippen molar-refractivity contribution >= 4 is 5.97 Å². The van der Waals surface area contributed by atoms with Crippen molar-refractivity contribution in [2.45, 2.75) is 31.8 Å². The van der Waals surface area contributed by atoms with Crippen LogP contribution >= 0.6 is 0 Å². The largest absolute Gasteiger partial charge is 0.480 e. The van der Waals surface area contributed by atoms with Crippen LogP contribution in [0.4, 0.5) is 0 Å². The molecule has 1 aliphatic rings. The highest BCUT2D eigenvalue weighted by Crippen LogP contribution is 2.32. The number of hydrogen-bond acceptors (Lipinski definition) is 2. The van der Waals surface area contributed by atoms with Crippen molar-refractivity contribution in [1.82, 2.24) is 5.32 Å². The van der Waals surface area contributed by atoms with E-state index in [4.69, 9.17) is 5.11 Å². The number of carboxylic acid groups (broad SMARTS) is 1. The maximum atomic E-state index is 10.7. The zero-order chi connectivity index (χ0) is 9.14. The van der Waals surface area contributed by atoms with E-state index in [-0.39, 0.29) is 12.1 Å². The quantitative estimate of drug-likeness (QED) is 0.604. The number of hydrogen-bond donors (Lipinski definition) is 2. The van der Waals surface area contributed by atoms with Gasteiger partial charge in [-0.15, -0.1) is 6.58 Å². The summed E-state index contributed by atoms with van der Waals surface area (Å²) in [5.74, 6) is -0.406. The van der Waals surface area contributed by atoms with Crippen LogP contribution in [-0.2, 0) is 4.79 Å². The summed E-state index contributed by atoms with van der Waals surface area (Å²) < 4.78 is 0. The Labute approximate surface area is 72.5 Å². The van der Waals surface area contributed by atoms with Crippen LogP contribution in [0, 0.1) is 5.92 Å². The summed E-state index contributed by atoms with van der Waals surface area (Å²) in [4.78, 5) is 10.7. The topological polar surface area (TPSA) is 49.3 Å². The van der Waals surface area contributed by atoms with Gasteiger partial charge in [0.2, 0.25) is 0 Å². The molecule has 12 heavy (non-hydrogen) atoms. The van der Waals surface area contributed by atoms with Gasteiger partial charge in [0.25, 0.3) is 0 Å². The molecule has 0 spiro atoms. The fourth-order valence-corrected chi connectivity index (χ4v) is 1.19. The summed E-state index contributed by atoms with van der Waals surface area (Å²) in [5, 5.41) is 11.8. The molecule has 3 nitrogen and oxygen atoms in total. The van der Waals surface area contributed by atoms with E-state index in [2.05, 4.69) is 11.9 Å². The van der Waals surface area contributed by atoms with Crippen molar-refractivity contribution in [3.05, 3.63) is 12.7 Å². The Morgan fingerprint density at radius 2 is 2.33 bits per heavy atom. The Balaban J connectivity index is 2.42. The van der Waals surface area contributed by atoms with Gasteiger partial charge in [-0.2, -0.15) is 0 Å². The minimum atomic E-state index is -0.744. The first-order valence-corrected chi connectivity index (χ1v) is 4.26. The molecule has 0 aliphatic heterocycles. The van der Waals surface area contributed by atoms with Gasteiger partial charge in [-0.25, -0.2) is 0 Å². The Morgan fingerprint density at radius 1 is 1.75 bits per heavy atom. The first kappa shape index (κ1) is 9.26. The predicted octanol–water partition coefficient (Wildman–Crippen LogP) is 1.01. The smallest absolute Gasteiger partial charge is 0.320 e. The molecule has 2 N–H and O–H groups in total. The molecular weight excluding hydrogens is 154 g/mol. The molecule has 1 aliphatic carbocycles. The SMILES string of the molecule is C=CC(C)NC(C(=O)O)C1CC1. The Kier molecular flexibility index (Phi) is 2.87. The average Bonchev–Trinajstić information content (AvgIpc) is 2.81. The molecule has 0 aromatic rings. The fraction of sp³-hybridized carbons (Fsp3) is 0.667. The highest BCUT2D eigenvalue weighted by atomic mass is 16.4. The third-order valence-electron chi connectivity index (χ3n) is 2.16. The van der Waals surface area contributed by atoms with Gasteiger partial charge in [0.05, 0.1) is 0 Å². The van der Waals surface area contributed by atoms with E-state index in [1.165, 1.54) is 0 Å². The van der Waals surface area contributed by atoms with Crippen molar-refractivity contribution < 1.29 is 9.90 Å². The second-order valence-electron chi connectivity index (χ2n) is 3.34. The van der Waals surface area contributed by atoms with Crippen molar-refractivity contribution in [3.8, 4) is 0 Å². The van der Waals surface area contributed by atoms with Crippen LogP contribution in [0.1, 0.15) is 19.8 Å². The van der Waals surface area contributed by atoms with Gasteiger partial charge in [-0.1, -0.05) is 6.08 Å². The summed E-state index contributed by atoms with van der Waals surface area (Å²) in [6.45, 7) is 5.51. The minimum Gasteiger partial charge on any atom is -0.480 e. The molecule has 3 heteroatoms. The summed E-state index contributed by atoms with van der Waals surface area (Å²) in [6, 6.07) is -0.301. The molecule has 0 heterocycles. The molecule has 0 bridgehead atoms. The lowest BCUT2D eigenvalue weighted by Crippen LogP contribution is -2.42. The summed E-state index contributed by atoms with van der Waals surface area (Å²) in [5.41, 5.74) is 0. The van der Waals surface area contributed by atoms with E-state index < -0.39 is 5.97 Å². The highest BCUT2D eigenvalue weighted by Gasteiger charge is 2.36. The zero-order valence-electron chi connectivity index (χ0n) is 7.29. The maximum Gasteiger partial charge on any atom is 0.320 e. The highest BCUT2D eigenvalue weighted by molar-refractivity contribution is 5.74. The van der Waals surface area contributed by atoms with Crippen LogP contribution in [-0.4, -0.2) is 23.2 Å². The van der Waals surface area contributed by atoms with Crippen molar-refractivity contribution in [2.75, 3.05) is 0 Å². The number of carboxylic acids is 1. The van der Waals surface area contributed by atoms with Crippen LogP contribution < -0.4 is 5.32 Å². The first-order valence-electron chi connectivity index (χ1n) is 4.26. The number of rotatable bonds is 5. The molecule has 1 saturated carbocycles. The molecule has 0 saturated heterocycles. The molecule has 0 aromatic heterocycles. The lowest BCUT2D eigenvalue weighted by atomic mass is 10.1. The van der Waals surface area contributed by atoms with Gasteiger partial charge in [0.15, 0.2) is 0 Å². The summed E-state index contributed by atoms with van der Waals surface area (Å²) >= 11 is 0. The minimum absolute atomic E-state index is 0.0756. The van der Waals surface area contributed by atoms with Crippen LogP contribution in [0.2, 0.25) is 0 Å². The Morgan fingerprint density at radius 3 is 2.67 bits per heavy atom. The van der Waals surface area contributed by atoms with E-state index in [1.54, 1.807) is 6.08 Å². The molecular formula is C9H15NO2. The number of aliphatic carboxylic acids is 1. The number of nitrogens with one attached hydrogen (secondary N) is 1. The van der Waals surface area contributed by atoms with Crippen molar-refractivity contribution in [3.63, 3.8) is 0 Å². The molecule has 2 atom stereocenters. The second-order valence-corrected chi connectivity index (χ2v) is 3.34. The van der Waals surface area contributed by atoms with Gasteiger partial charge in [0, 0.05) is 6.04 Å². The van der Waals surface area contributed by atoms with Crippen LogP contribution in [0.25, 0.3) is 0 Å². The van der Waals surface area contributed by atoms with Gasteiger partial charge in [0.1, 0.15) is 6.04 Å². The lowest BCUT2D eigenvalue weighted by molar-refractivity contribution is -0.140. The van der Waals surface area contributed by atoms with Gasteiger partial charge < -0.3 is 5.11 Å². The summed E-state index contributed by atoms with van der Waals surface area (Å²) in [6.07, 6.45) is 3.79. The third-order valence-corrected chi connectivity index (χ3v) is 2.16. The van der Waals surface area contributed by atoms with Gasteiger partial charge in [-0.05, 0) is 25.7 Å². The van der Waals surface area contributed by atoms with Crippen LogP contribution in [0.15, 0.2) is 12.7 Å². The average molecular weight is 169 g/mol. The predicted molar refractivity (Wildman–Crippen MR) is 46.9 cm³/mol. The maximum absolute atomic E-state index is 10.7. The molecule has 0 amide bonds. The normalized spacial score (nSPS) is 21.4. The van der Waals surface area contributed by atoms with E-state index in [0.29, 0.717) is 5.92 Å². The first-order chi connectivity index (χ1) is 5.65. The van der Waals surface area contributed by atoms with Crippen LogP contribution in [0.3, 0.4) is 0 Å². The van der Waals surface area contributed by atoms with Crippen molar-refractivity contribution in [1.29, 1.82) is 0 Å². The summed E-state index contributed by atoms with van der Waals surface area (Å²) in [7, 11) is 0. The second kappa shape index (κ2) is 3.72. The van der Waals surface area contributed by atoms with E-state index in [0.717, 1.165) is 12.8 Å².